The number of quaternary nitrogens is 1. The minimum atomic E-state index is -0.169. The highest BCUT2D eigenvalue weighted by atomic mass is 16.5. The van der Waals surface area contributed by atoms with Crippen LogP contribution in [0.25, 0.3) is 0 Å². The van der Waals surface area contributed by atoms with Crippen LogP contribution in [-0.4, -0.2) is 43.9 Å². The number of carbonyl (C=O) groups is 3. The first-order chi connectivity index (χ1) is 11.5. The third kappa shape index (κ3) is 4.89. The SMILES string of the molecule is CCOC(=O)[C@H]1CCC[NH+](CC(=O)Nc2ccccc2C(C)=O)C1. The molecule has 2 rings (SSSR count). The lowest BCUT2D eigenvalue weighted by atomic mass is 9.98. The first-order valence-corrected chi connectivity index (χ1v) is 8.41. The fourth-order valence-corrected chi connectivity index (χ4v) is 3.09. The molecule has 0 aliphatic carbocycles. The molecule has 0 saturated carbocycles. The summed E-state index contributed by atoms with van der Waals surface area (Å²) in [4.78, 5) is 36.8. The maximum Gasteiger partial charge on any atom is 0.314 e. The van der Waals surface area contributed by atoms with E-state index in [4.69, 9.17) is 4.74 Å². The fraction of sp³-hybridized carbons (Fsp3) is 0.500. The second-order valence-corrected chi connectivity index (χ2v) is 6.12. The van der Waals surface area contributed by atoms with E-state index in [1.54, 1.807) is 31.2 Å². The van der Waals surface area contributed by atoms with Crippen molar-refractivity contribution in [3.63, 3.8) is 0 Å². The Morgan fingerprint density at radius 2 is 2.04 bits per heavy atom. The van der Waals surface area contributed by atoms with Crippen molar-refractivity contribution in [3.8, 4) is 0 Å². The molecule has 2 atom stereocenters. The number of esters is 1. The Bertz CT molecular complexity index is 615. The Morgan fingerprint density at radius 1 is 1.29 bits per heavy atom. The number of amides is 1. The number of hydrogen-bond donors (Lipinski definition) is 2. The van der Waals surface area contributed by atoms with Gasteiger partial charge in [0.15, 0.2) is 12.3 Å². The molecule has 1 unspecified atom stereocenters. The largest absolute Gasteiger partial charge is 0.466 e. The van der Waals surface area contributed by atoms with Crippen LogP contribution in [0.1, 0.15) is 37.0 Å². The number of carbonyl (C=O) groups excluding carboxylic acids is 3. The normalized spacial score (nSPS) is 20.2. The van der Waals surface area contributed by atoms with Crippen LogP contribution in [0.3, 0.4) is 0 Å². The smallest absolute Gasteiger partial charge is 0.314 e. The number of ketones is 1. The number of rotatable bonds is 6. The van der Waals surface area contributed by atoms with E-state index in [9.17, 15) is 14.4 Å². The van der Waals surface area contributed by atoms with Gasteiger partial charge >= 0.3 is 5.97 Å². The Balaban J connectivity index is 1.93. The van der Waals surface area contributed by atoms with Crippen LogP contribution in [-0.2, 0) is 14.3 Å². The van der Waals surface area contributed by atoms with Crippen molar-refractivity contribution in [2.24, 2.45) is 5.92 Å². The van der Waals surface area contributed by atoms with Crippen molar-refractivity contribution in [2.75, 3.05) is 31.6 Å². The number of anilines is 1. The van der Waals surface area contributed by atoms with Gasteiger partial charge in [-0.1, -0.05) is 12.1 Å². The van der Waals surface area contributed by atoms with E-state index >= 15 is 0 Å². The summed E-state index contributed by atoms with van der Waals surface area (Å²) in [6, 6.07) is 6.98. The Kier molecular flexibility index (Phi) is 6.49. The van der Waals surface area contributed by atoms with E-state index < -0.39 is 0 Å². The second kappa shape index (κ2) is 8.59. The maximum absolute atomic E-state index is 12.3. The van der Waals surface area contributed by atoms with Crippen LogP contribution < -0.4 is 10.2 Å². The minimum Gasteiger partial charge on any atom is -0.466 e. The second-order valence-electron chi connectivity index (χ2n) is 6.12. The highest BCUT2D eigenvalue weighted by Crippen LogP contribution is 2.15. The molecule has 1 fully saturated rings. The zero-order valence-electron chi connectivity index (χ0n) is 14.3. The predicted molar refractivity (Wildman–Crippen MR) is 90.0 cm³/mol. The molecule has 1 aliphatic heterocycles. The van der Waals surface area contributed by atoms with E-state index in [2.05, 4.69) is 5.32 Å². The highest BCUT2D eigenvalue weighted by Gasteiger charge is 2.30. The van der Waals surface area contributed by atoms with Gasteiger partial charge in [0, 0.05) is 5.56 Å². The summed E-state index contributed by atoms with van der Waals surface area (Å²) in [6.45, 7) is 5.41. The number of piperidine rings is 1. The van der Waals surface area contributed by atoms with E-state index in [-0.39, 0.29) is 30.1 Å². The molecule has 0 radical (unpaired) electrons. The molecule has 130 valence electrons. The van der Waals surface area contributed by atoms with E-state index in [1.807, 2.05) is 0 Å². The average molecular weight is 333 g/mol. The van der Waals surface area contributed by atoms with Crippen molar-refractivity contribution in [3.05, 3.63) is 29.8 Å². The quantitative estimate of drug-likeness (QED) is 0.593. The molecule has 1 aromatic carbocycles. The zero-order valence-corrected chi connectivity index (χ0v) is 14.3. The molecule has 1 saturated heterocycles. The molecule has 0 spiro atoms. The fourth-order valence-electron chi connectivity index (χ4n) is 3.09. The Labute approximate surface area is 142 Å². The predicted octanol–water partition coefficient (Wildman–Crippen LogP) is 0.686. The Morgan fingerprint density at radius 3 is 2.75 bits per heavy atom. The molecule has 1 heterocycles. The molecule has 1 aliphatic rings. The van der Waals surface area contributed by atoms with Crippen molar-refractivity contribution in [1.82, 2.24) is 0 Å². The van der Waals surface area contributed by atoms with Crippen LogP contribution >= 0.6 is 0 Å². The highest BCUT2D eigenvalue weighted by molar-refractivity contribution is 6.03. The summed E-state index contributed by atoms with van der Waals surface area (Å²) in [5.74, 6) is -0.537. The summed E-state index contributed by atoms with van der Waals surface area (Å²) in [5, 5.41) is 2.81. The van der Waals surface area contributed by atoms with Gasteiger partial charge in [0.05, 0.1) is 25.4 Å². The van der Waals surface area contributed by atoms with Gasteiger partial charge in [-0.15, -0.1) is 0 Å². The summed E-state index contributed by atoms with van der Waals surface area (Å²) in [5.41, 5.74) is 1.04. The van der Waals surface area contributed by atoms with Gasteiger partial charge < -0.3 is 15.0 Å². The number of benzene rings is 1. The van der Waals surface area contributed by atoms with Gasteiger partial charge in [0.2, 0.25) is 0 Å². The van der Waals surface area contributed by atoms with Gasteiger partial charge in [-0.25, -0.2) is 0 Å². The van der Waals surface area contributed by atoms with Crippen molar-refractivity contribution < 1.29 is 24.0 Å². The summed E-state index contributed by atoms with van der Waals surface area (Å²) in [7, 11) is 0. The van der Waals surface area contributed by atoms with Gasteiger partial charge in [0.25, 0.3) is 5.91 Å². The molecule has 0 bridgehead atoms. The molecule has 24 heavy (non-hydrogen) atoms. The van der Waals surface area contributed by atoms with E-state index in [0.29, 0.717) is 24.4 Å². The summed E-state index contributed by atoms with van der Waals surface area (Å²) in [6.07, 6.45) is 1.72. The molecular weight excluding hydrogens is 308 g/mol. The topological polar surface area (TPSA) is 76.9 Å². The van der Waals surface area contributed by atoms with Gasteiger partial charge in [-0.2, -0.15) is 0 Å². The summed E-state index contributed by atoms with van der Waals surface area (Å²) >= 11 is 0. The van der Waals surface area contributed by atoms with Crippen LogP contribution in [0.15, 0.2) is 24.3 Å². The number of likely N-dealkylation sites (tertiary alicyclic amines) is 1. The van der Waals surface area contributed by atoms with Gasteiger partial charge in [0.1, 0.15) is 5.92 Å². The lowest BCUT2D eigenvalue weighted by molar-refractivity contribution is -0.899. The number of nitrogens with one attached hydrogen (secondary N) is 2. The third-order valence-corrected chi connectivity index (χ3v) is 4.23. The van der Waals surface area contributed by atoms with E-state index in [0.717, 1.165) is 24.3 Å². The van der Waals surface area contributed by atoms with Crippen molar-refractivity contribution >= 4 is 23.3 Å². The average Bonchev–Trinajstić information content (AvgIpc) is 2.55. The standard InChI is InChI=1S/C18H24N2O4/c1-3-24-18(23)14-7-6-10-20(11-14)12-17(22)19-16-9-5-4-8-15(16)13(2)21/h4-5,8-9,14H,3,6-7,10-12H2,1-2H3,(H,19,22)/p+1/t14-/m0/s1. The van der Waals surface area contributed by atoms with Crippen molar-refractivity contribution in [2.45, 2.75) is 26.7 Å². The first-order valence-electron chi connectivity index (χ1n) is 8.41. The molecule has 1 aromatic rings. The lowest BCUT2D eigenvalue weighted by Crippen LogP contribution is -3.14. The van der Waals surface area contributed by atoms with Gasteiger partial charge in [-0.05, 0) is 38.8 Å². The number of Topliss-reactive ketones (excluding diaryl/α,β-unsaturated/α-hetero) is 1. The lowest BCUT2D eigenvalue weighted by Gasteiger charge is -2.28. The number of hydrogen-bond acceptors (Lipinski definition) is 4. The first kappa shape index (κ1) is 18.1. The van der Waals surface area contributed by atoms with Crippen LogP contribution in [0.5, 0.6) is 0 Å². The van der Waals surface area contributed by atoms with Crippen LogP contribution in [0, 0.1) is 5.92 Å². The van der Waals surface area contributed by atoms with Gasteiger partial charge in [-0.3, -0.25) is 14.4 Å². The minimum absolute atomic E-state index is 0.0846. The molecule has 6 heteroatoms. The molecule has 2 N–H and O–H groups in total. The Hall–Kier alpha value is -2.21. The van der Waals surface area contributed by atoms with Crippen LogP contribution in [0.4, 0.5) is 5.69 Å². The summed E-state index contributed by atoms with van der Waals surface area (Å²) < 4.78 is 5.08. The van der Waals surface area contributed by atoms with E-state index in [1.165, 1.54) is 6.92 Å². The molecule has 6 nitrogen and oxygen atoms in total. The maximum atomic E-state index is 12.3. The monoisotopic (exact) mass is 333 g/mol. The number of ether oxygens (including phenoxy) is 1. The zero-order chi connectivity index (χ0) is 17.5. The molecule has 0 aromatic heterocycles. The number of para-hydroxylation sites is 1. The van der Waals surface area contributed by atoms with Crippen LogP contribution in [0.2, 0.25) is 0 Å². The van der Waals surface area contributed by atoms with Crippen molar-refractivity contribution in [1.29, 1.82) is 0 Å². The third-order valence-electron chi connectivity index (χ3n) is 4.23. The molecule has 1 amide bonds. The molecular formula is C18H25N2O4+.